The van der Waals surface area contributed by atoms with Gasteiger partial charge >= 0.3 is 0 Å². The van der Waals surface area contributed by atoms with Crippen molar-refractivity contribution in [2.45, 2.75) is 13.8 Å². The predicted octanol–water partition coefficient (Wildman–Crippen LogP) is 5.32. The number of nitrogens with zero attached hydrogens (tertiary/aromatic N) is 4. The molecule has 0 amide bonds. The molecule has 0 spiro atoms. The van der Waals surface area contributed by atoms with Crippen molar-refractivity contribution in [3.63, 3.8) is 0 Å². The fraction of sp³-hybridized carbons (Fsp3) is 0.0645. The van der Waals surface area contributed by atoms with Crippen LogP contribution in [0.4, 0.5) is 5.69 Å². The highest BCUT2D eigenvalue weighted by Gasteiger charge is 2.19. The van der Waals surface area contributed by atoms with Crippen LogP contribution >= 0.6 is 0 Å². The van der Waals surface area contributed by atoms with Crippen LogP contribution in [0.2, 0.25) is 0 Å². The third kappa shape index (κ3) is 4.80. The summed E-state index contributed by atoms with van der Waals surface area (Å²) in [6.07, 6.45) is 5.97. The van der Waals surface area contributed by atoms with Gasteiger partial charge in [0.2, 0.25) is 17.4 Å². The summed E-state index contributed by atoms with van der Waals surface area (Å²) in [5.41, 5.74) is 3.50. The second-order valence-corrected chi connectivity index (χ2v) is 8.46. The van der Waals surface area contributed by atoms with Crippen LogP contribution in [-0.4, -0.2) is 19.3 Å². The summed E-state index contributed by atoms with van der Waals surface area (Å²) < 4.78 is 2.14. The summed E-state index contributed by atoms with van der Waals surface area (Å²) in [6, 6.07) is 18.9. The van der Waals surface area contributed by atoms with E-state index in [1.54, 1.807) is 80.6 Å². The molecule has 0 aliphatic heterocycles. The van der Waals surface area contributed by atoms with Crippen LogP contribution in [0.25, 0.3) is 28.4 Å². The molecule has 0 atom stereocenters. The van der Waals surface area contributed by atoms with Gasteiger partial charge < -0.3 is 10.2 Å². The normalized spacial score (nSPS) is 10.5. The third-order valence-electron chi connectivity index (χ3n) is 6.20. The third-order valence-corrected chi connectivity index (χ3v) is 6.20. The van der Waals surface area contributed by atoms with Gasteiger partial charge in [-0.3, -0.25) is 14.2 Å². The van der Waals surface area contributed by atoms with Gasteiger partial charge in [0.05, 0.1) is 17.9 Å². The summed E-state index contributed by atoms with van der Waals surface area (Å²) >= 11 is 0. The van der Waals surface area contributed by atoms with Crippen LogP contribution in [0.5, 0.6) is 11.8 Å². The minimum atomic E-state index is -0.626. The van der Waals surface area contributed by atoms with Crippen molar-refractivity contribution in [1.29, 1.82) is 5.26 Å². The lowest BCUT2D eigenvalue weighted by Crippen LogP contribution is -2.23. The van der Waals surface area contributed by atoms with Gasteiger partial charge in [-0.2, -0.15) is 5.26 Å². The zero-order valence-electron chi connectivity index (χ0n) is 21.1. The van der Waals surface area contributed by atoms with E-state index >= 15 is 0 Å². The SMILES string of the molecule is [C-]#[N+]c1c(C)c(C=C=CC=Cc2c(C)c(C#N)c(=O)n(-c3ccccc3)c2O)c(=O)n(-c2ccccc2)c1O. The van der Waals surface area contributed by atoms with Gasteiger partial charge in [-0.1, -0.05) is 42.5 Å². The lowest BCUT2D eigenvalue weighted by Gasteiger charge is -2.14. The number of rotatable bonds is 5. The molecule has 8 nitrogen and oxygen atoms in total. The second kappa shape index (κ2) is 11.1. The molecule has 190 valence electrons. The smallest absolute Gasteiger partial charge is 0.276 e. The monoisotopic (exact) mass is 514 g/mol. The highest BCUT2D eigenvalue weighted by atomic mass is 16.3. The minimum Gasteiger partial charge on any atom is -0.502 e. The lowest BCUT2D eigenvalue weighted by molar-refractivity contribution is 0.433. The largest absolute Gasteiger partial charge is 0.502 e. The molecule has 0 saturated carbocycles. The zero-order valence-corrected chi connectivity index (χ0v) is 21.1. The molecule has 2 heterocycles. The molecule has 0 aliphatic rings. The van der Waals surface area contributed by atoms with Crippen LogP contribution in [0.1, 0.15) is 27.8 Å². The van der Waals surface area contributed by atoms with Gasteiger partial charge in [0.1, 0.15) is 11.6 Å². The number of hydrogen-bond donors (Lipinski definition) is 2. The molecule has 0 radical (unpaired) electrons. The minimum absolute atomic E-state index is 0.0465. The molecule has 0 saturated heterocycles. The van der Waals surface area contributed by atoms with Crippen molar-refractivity contribution in [3.8, 4) is 29.2 Å². The highest BCUT2D eigenvalue weighted by Crippen LogP contribution is 2.33. The first kappa shape index (κ1) is 26.2. The first-order chi connectivity index (χ1) is 18.8. The van der Waals surface area contributed by atoms with Crippen LogP contribution < -0.4 is 11.1 Å². The van der Waals surface area contributed by atoms with Crippen LogP contribution in [0.15, 0.2) is 88.1 Å². The van der Waals surface area contributed by atoms with Crippen molar-refractivity contribution < 1.29 is 10.2 Å². The van der Waals surface area contributed by atoms with Gasteiger partial charge in [0.25, 0.3) is 11.1 Å². The van der Waals surface area contributed by atoms with E-state index in [0.717, 1.165) is 9.13 Å². The number of aromatic nitrogens is 2. The maximum atomic E-state index is 13.2. The number of allylic oxidation sites excluding steroid dienone is 2. The molecule has 0 aliphatic carbocycles. The number of pyridine rings is 2. The van der Waals surface area contributed by atoms with Gasteiger partial charge in [0, 0.05) is 11.1 Å². The Morgan fingerprint density at radius 3 is 1.95 bits per heavy atom. The van der Waals surface area contributed by atoms with E-state index in [0.29, 0.717) is 22.5 Å². The topological polar surface area (TPSA) is 113 Å². The average molecular weight is 515 g/mol. The first-order valence-electron chi connectivity index (χ1n) is 11.8. The van der Waals surface area contributed by atoms with Crippen LogP contribution in [0.3, 0.4) is 0 Å². The summed E-state index contributed by atoms with van der Waals surface area (Å²) in [7, 11) is 0. The number of nitriles is 1. The fourth-order valence-corrected chi connectivity index (χ4v) is 4.17. The molecule has 39 heavy (non-hydrogen) atoms. The second-order valence-electron chi connectivity index (χ2n) is 8.46. The quantitative estimate of drug-likeness (QED) is 0.213. The summed E-state index contributed by atoms with van der Waals surface area (Å²) in [5, 5.41) is 31.1. The molecule has 8 heteroatoms. The molecule has 4 aromatic rings. The Balaban J connectivity index is 1.80. The Morgan fingerprint density at radius 1 is 0.846 bits per heavy atom. The molecule has 0 bridgehead atoms. The molecular formula is C31H22N4O4. The standard InChI is InChI=1S/C31H22N4O4/c1-20-24(28(36)34(30(38)26(20)19-32)22-13-7-4-8-14-22)17-11-6-12-18-25-21(2)27(33-3)31(39)35(29(25)37)23-15-9-5-10-16-23/h4-11,13-18,36,39H,1-2H3. The number of hydrogen-bond acceptors (Lipinski definition) is 5. The van der Waals surface area contributed by atoms with E-state index in [4.69, 9.17) is 6.57 Å². The Kier molecular flexibility index (Phi) is 7.45. The first-order valence-corrected chi connectivity index (χ1v) is 11.8. The van der Waals surface area contributed by atoms with E-state index in [2.05, 4.69) is 10.6 Å². The van der Waals surface area contributed by atoms with Crippen molar-refractivity contribution in [1.82, 2.24) is 9.13 Å². The highest BCUT2D eigenvalue weighted by molar-refractivity contribution is 5.70. The van der Waals surface area contributed by atoms with E-state index in [1.165, 1.54) is 18.2 Å². The van der Waals surface area contributed by atoms with Gasteiger partial charge in [-0.05, 0) is 67.5 Å². The Bertz CT molecular complexity index is 1880. The van der Waals surface area contributed by atoms with E-state index in [1.807, 2.05) is 6.07 Å². The molecule has 0 unspecified atom stereocenters. The maximum absolute atomic E-state index is 13.2. The summed E-state index contributed by atoms with van der Waals surface area (Å²) in [6.45, 7) is 10.6. The van der Waals surface area contributed by atoms with Crippen LogP contribution in [0, 0.1) is 31.8 Å². The van der Waals surface area contributed by atoms with Crippen molar-refractivity contribution >= 4 is 17.8 Å². The lowest BCUT2D eigenvalue weighted by atomic mass is 10.0. The Hall–Kier alpha value is -5.82. The van der Waals surface area contributed by atoms with Gasteiger partial charge in [0.15, 0.2) is 0 Å². The van der Waals surface area contributed by atoms with Crippen molar-refractivity contribution in [2.24, 2.45) is 0 Å². The number of benzene rings is 2. The van der Waals surface area contributed by atoms with E-state index < -0.39 is 17.0 Å². The molecular weight excluding hydrogens is 492 g/mol. The maximum Gasteiger partial charge on any atom is 0.276 e. The van der Waals surface area contributed by atoms with Crippen molar-refractivity contribution in [3.05, 3.63) is 138 Å². The summed E-state index contributed by atoms with van der Waals surface area (Å²) in [4.78, 5) is 29.5. The number of para-hydroxylation sites is 2. The summed E-state index contributed by atoms with van der Waals surface area (Å²) in [5.74, 6) is -0.759. The molecule has 4 rings (SSSR count). The molecule has 2 aromatic heterocycles. The molecule has 0 fully saturated rings. The van der Waals surface area contributed by atoms with Crippen LogP contribution in [-0.2, 0) is 0 Å². The van der Waals surface area contributed by atoms with E-state index in [9.17, 15) is 25.1 Å². The van der Waals surface area contributed by atoms with Gasteiger partial charge in [-0.25, -0.2) is 9.41 Å². The molecule has 2 aromatic carbocycles. The predicted molar refractivity (Wildman–Crippen MR) is 149 cm³/mol. The average Bonchev–Trinajstić information content (AvgIpc) is 2.93. The number of aromatic hydroxyl groups is 2. The Labute approximate surface area is 224 Å². The molecule has 2 N–H and O–H groups in total. The van der Waals surface area contributed by atoms with E-state index in [-0.39, 0.29) is 28.3 Å². The van der Waals surface area contributed by atoms with Crippen molar-refractivity contribution in [2.75, 3.05) is 0 Å². The fourth-order valence-electron chi connectivity index (χ4n) is 4.17. The Morgan fingerprint density at radius 2 is 1.41 bits per heavy atom. The van der Waals surface area contributed by atoms with Gasteiger partial charge in [-0.15, -0.1) is 5.73 Å². The zero-order chi connectivity index (χ0) is 28.1.